The van der Waals surface area contributed by atoms with Gasteiger partial charge in [0, 0.05) is 18.7 Å². The second kappa shape index (κ2) is 10.9. The SMILES string of the molecule is CC(C)Cc1ccc(NC(=S)NCCCCCC(=O)I)cc1. The largest absolute Gasteiger partial charge is 0.362 e. The Bertz CT molecular complexity index is 474. The lowest BCUT2D eigenvalue weighted by Crippen LogP contribution is -2.29. The van der Waals surface area contributed by atoms with E-state index in [1.165, 1.54) is 5.56 Å². The first-order valence-electron chi connectivity index (χ1n) is 7.79. The van der Waals surface area contributed by atoms with Gasteiger partial charge in [0.15, 0.2) is 8.90 Å². The van der Waals surface area contributed by atoms with Gasteiger partial charge in [-0.15, -0.1) is 0 Å². The van der Waals surface area contributed by atoms with Crippen molar-refractivity contribution < 1.29 is 4.79 Å². The van der Waals surface area contributed by atoms with Crippen molar-refractivity contribution in [1.82, 2.24) is 5.32 Å². The zero-order valence-corrected chi connectivity index (χ0v) is 16.3. The van der Waals surface area contributed by atoms with Crippen molar-refractivity contribution in [2.45, 2.75) is 46.0 Å². The predicted octanol–water partition coefficient (Wildman–Crippen LogP) is 4.69. The maximum atomic E-state index is 10.8. The van der Waals surface area contributed by atoms with E-state index in [1.807, 2.05) is 22.6 Å². The van der Waals surface area contributed by atoms with E-state index in [0.717, 1.165) is 37.9 Å². The van der Waals surface area contributed by atoms with E-state index in [4.69, 9.17) is 12.2 Å². The van der Waals surface area contributed by atoms with Crippen LogP contribution in [0.4, 0.5) is 5.69 Å². The van der Waals surface area contributed by atoms with Gasteiger partial charge in [-0.2, -0.15) is 0 Å². The number of nitrogens with one attached hydrogen (secondary N) is 2. The number of unbranched alkanes of at least 4 members (excludes halogenated alkanes) is 2. The van der Waals surface area contributed by atoms with Gasteiger partial charge in [-0.1, -0.05) is 32.4 Å². The molecule has 22 heavy (non-hydrogen) atoms. The summed E-state index contributed by atoms with van der Waals surface area (Å²) in [6.07, 6.45) is 4.81. The number of halogens is 1. The van der Waals surface area contributed by atoms with Crippen LogP contribution in [0.15, 0.2) is 24.3 Å². The molecule has 1 rings (SSSR count). The third-order valence-electron chi connectivity index (χ3n) is 3.19. The molecule has 1 aromatic rings. The second-order valence-electron chi connectivity index (χ2n) is 5.84. The Kier molecular flexibility index (Phi) is 9.63. The molecule has 1 aromatic carbocycles. The molecule has 0 heterocycles. The quantitative estimate of drug-likeness (QED) is 0.257. The summed E-state index contributed by atoms with van der Waals surface area (Å²) in [6, 6.07) is 8.42. The first-order valence-corrected chi connectivity index (χ1v) is 9.28. The number of anilines is 1. The van der Waals surface area contributed by atoms with E-state index in [0.29, 0.717) is 17.5 Å². The summed E-state index contributed by atoms with van der Waals surface area (Å²) in [7, 11) is 0. The molecule has 0 fully saturated rings. The van der Waals surface area contributed by atoms with Gasteiger partial charge in [0.25, 0.3) is 0 Å². The van der Waals surface area contributed by atoms with Crippen LogP contribution in [0.3, 0.4) is 0 Å². The molecule has 0 bridgehead atoms. The summed E-state index contributed by atoms with van der Waals surface area (Å²) in [5, 5.41) is 7.05. The topological polar surface area (TPSA) is 41.1 Å². The molecule has 3 nitrogen and oxygen atoms in total. The van der Waals surface area contributed by atoms with Crippen LogP contribution in [0.2, 0.25) is 0 Å². The number of carbonyl (C=O) groups is 1. The molecule has 0 saturated carbocycles. The van der Waals surface area contributed by atoms with Gasteiger partial charge in [-0.3, -0.25) is 4.79 Å². The van der Waals surface area contributed by atoms with Crippen molar-refractivity contribution >= 4 is 49.4 Å². The fraction of sp³-hybridized carbons (Fsp3) is 0.529. The van der Waals surface area contributed by atoms with Crippen molar-refractivity contribution in [2.24, 2.45) is 5.92 Å². The highest BCUT2D eigenvalue weighted by Crippen LogP contribution is 2.13. The van der Waals surface area contributed by atoms with Gasteiger partial charge >= 0.3 is 0 Å². The average molecular weight is 432 g/mol. The molecule has 0 radical (unpaired) electrons. The van der Waals surface area contributed by atoms with E-state index < -0.39 is 0 Å². The van der Waals surface area contributed by atoms with Crippen LogP contribution in [0.1, 0.15) is 45.1 Å². The van der Waals surface area contributed by atoms with Gasteiger partial charge in [0.1, 0.15) is 0 Å². The average Bonchev–Trinajstić information content (AvgIpc) is 2.44. The molecular weight excluding hydrogens is 407 g/mol. The fourth-order valence-corrected chi connectivity index (χ4v) is 2.74. The standard InChI is InChI=1S/C17H25IN2OS/c1-13(2)12-14-7-9-15(10-8-14)20-17(22)19-11-5-3-4-6-16(18)21/h7-10,13H,3-6,11-12H2,1-2H3,(H2,19,20,22). The van der Waals surface area contributed by atoms with Gasteiger partial charge in [0.2, 0.25) is 0 Å². The van der Waals surface area contributed by atoms with Crippen molar-refractivity contribution in [3.63, 3.8) is 0 Å². The van der Waals surface area contributed by atoms with E-state index in [2.05, 4.69) is 48.7 Å². The van der Waals surface area contributed by atoms with Crippen LogP contribution in [-0.4, -0.2) is 15.4 Å². The zero-order chi connectivity index (χ0) is 16.4. The zero-order valence-electron chi connectivity index (χ0n) is 13.3. The smallest absolute Gasteiger partial charge is 0.192 e. The molecule has 0 aliphatic rings. The highest BCUT2D eigenvalue weighted by Gasteiger charge is 2.00. The monoisotopic (exact) mass is 432 g/mol. The van der Waals surface area contributed by atoms with Gasteiger partial charge in [-0.25, -0.2) is 0 Å². The molecule has 0 unspecified atom stereocenters. The molecule has 0 spiro atoms. The highest BCUT2D eigenvalue weighted by molar-refractivity contribution is 14.1. The van der Waals surface area contributed by atoms with Crippen LogP contribution in [-0.2, 0) is 11.2 Å². The van der Waals surface area contributed by atoms with Crippen molar-refractivity contribution in [1.29, 1.82) is 0 Å². The number of carbonyl (C=O) groups excluding carboxylic acids is 1. The maximum absolute atomic E-state index is 10.8. The molecule has 0 amide bonds. The fourth-order valence-electron chi connectivity index (χ4n) is 2.14. The van der Waals surface area contributed by atoms with E-state index >= 15 is 0 Å². The molecule has 0 aliphatic carbocycles. The Hall–Kier alpha value is -0.690. The molecule has 5 heteroatoms. The first kappa shape index (κ1) is 19.4. The van der Waals surface area contributed by atoms with E-state index in [1.54, 1.807) is 0 Å². The summed E-state index contributed by atoms with van der Waals surface area (Å²) in [6.45, 7) is 5.29. The minimum absolute atomic E-state index is 0.240. The third-order valence-corrected chi connectivity index (χ3v) is 3.98. The number of hydrogen-bond donors (Lipinski definition) is 2. The van der Waals surface area contributed by atoms with Crippen LogP contribution in [0.25, 0.3) is 0 Å². The number of rotatable bonds is 9. The Labute approximate surface area is 152 Å². The van der Waals surface area contributed by atoms with E-state index in [-0.39, 0.29) is 3.79 Å². The predicted molar refractivity (Wildman–Crippen MR) is 107 cm³/mol. The summed E-state index contributed by atoms with van der Waals surface area (Å²) in [4.78, 5) is 10.8. The minimum Gasteiger partial charge on any atom is -0.362 e. The minimum atomic E-state index is 0.240. The van der Waals surface area contributed by atoms with Crippen molar-refractivity contribution in [3.05, 3.63) is 29.8 Å². The lowest BCUT2D eigenvalue weighted by Gasteiger charge is -2.11. The lowest BCUT2D eigenvalue weighted by atomic mass is 10.0. The maximum Gasteiger partial charge on any atom is 0.192 e. The first-order chi connectivity index (χ1) is 10.5. The van der Waals surface area contributed by atoms with Gasteiger partial charge in [-0.05, 0) is 77.7 Å². The van der Waals surface area contributed by atoms with Crippen LogP contribution in [0, 0.1) is 5.92 Å². The highest BCUT2D eigenvalue weighted by atomic mass is 127. The van der Waals surface area contributed by atoms with Crippen LogP contribution in [0.5, 0.6) is 0 Å². The Balaban J connectivity index is 2.20. The summed E-state index contributed by atoms with van der Waals surface area (Å²) in [5.74, 6) is 0.670. The van der Waals surface area contributed by atoms with Gasteiger partial charge in [0.05, 0.1) is 0 Å². The summed E-state index contributed by atoms with van der Waals surface area (Å²) in [5.41, 5.74) is 2.37. The molecule has 0 aromatic heterocycles. The van der Waals surface area contributed by atoms with Crippen molar-refractivity contribution in [3.8, 4) is 0 Å². The molecule has 0 aliphatic heterocycles. The summed E-state index contributed by atoms with van der Waals surface area (Å²) >= 11 is 7.13. The third kappa shape index (κ3) is 9.35. The Morgan fingerprint density at radius 2 is 1.86 bits per heavy atom. The Morgan fingerprint density at radius 1 is 1.18 bits per heavy atom. The number of thiocarbonyl (C=S) groups is 1. The van der Waals surface area contributed by atoms with Crippen LogP contribution >= 0.6 is 34.8 Å². The van der Waals surface area contributed by atoms with Gasteiger partial charge < -0.3 is 10.6 Å². The molecule has 122 valence electrons. The molecule has 0 atom stereocenters. The number of benzene rings is 1. The summed E-state index contributed by atoms with van der Waals surface area (Å²) < 4.78 is 0.240. The van der Waals surface area contributed by atoms with Crippen LogP contribution < -0.4 is 10.6 Å². The molecular formula is C17H25IN2OS. The molecule has 0 saturated heterocycles. The normalized spacial score (nSPS) is 10.5. The Morgan fingerprint density at radius 3 is 2.45 bits per heavy atom. The second-order valence-corrected chi connectivity index (χ2v) is 7.45. The van der Waals surface area contributed by atoms with Crippen molar-refractivity contribution in [2.75, 3.05) is 11.9 Å². The number of hydrogen-bond acceptors (Lipinski definition) is 2. The lowest BCUT2D eigenvalue weighted by molar-refractivity contribution is -0.109. The molecule has 2 N–H and O–H groups in total. The van der Waals surface area contributed by atoms with E-state index in [9.17, 15) is 4.79 Å².